The van der Waals surface area contributed by atoms with E-state index in [1.54, 1.807) is 18.9 Å². The van der Waals surface area contributed by atoms with Crippen LogP contribution in [0.5, 0.6) is 5.75 Å². The largest absolute Gasteiger partial charge is 0.497 e. The quantitative estimate of drug-likeness (QED) is 0.198. The number of thioether (sulfide) groups is 1. The molecule has 0 saturated carbocycles. The van der Waals surface area contributed by atoms with Crippen LogP contribution >= 0.6 is 35.0 Å². The molecule has 1 saturated heterocycles. The van der Waals surface area contributed by atoms with Crippen LogP contribution in [0.2, 0.25) is 10.0 Å². The van der Waals surface area contributed by atoms with Gasteiger partial charge in [0, 0.05) is 27.1 Å². The van der Waals surface area contributed by atoms with Crippen molar-refractivity contribution in [1.82, 2.24) is 9.88 Å². The molecule has 1 aliphatic rings. The highest BCUT2D eigenvalue weighted by Crippen LogP contribution is 2.41. The molecule has 1 aromatic heterocycles. The van der Waals surface area contributed by atoms with Crippen LogP contribution in [-0.4, -0.2) is 58.6 Å². The summed E-state index contributed by atoms with van der Waals surface area (Å²) in [4.78, 5) is 20.3. The van der Waals surface area contributed by atoms with Crippen LogP contribution in [0, 0.1) is 5.41 Å². The molecule has 37 heavy (non-hydrogen) atoms. The number of aliphatic hydroxyl groups excluding tert-OH is 1. The predicted octanol–water partition coefficient (Wildman–Crippen LogP) is 6.71. The lowest BCUT2D eigenvalue weighted by Crippen LogP contribution is -2.44. The molecule has 0 bridgehead atoms. The van der Waals surface area contributed by atoms with E-state index >= 15 is 0 Å². The second kappa shape index (κ2) is 12.7. The van der Waals surface area contributed by atoms with E-state index in [1.165, 1.54) is 11.1 Å². The van der Waals surface area contributed by atoms with Gasteiger partial charge in [0.1, 0.15) is 5.75 Å². The zero-order valence-electron chi connectivity index (χ0n) is 20.8. The number of methoxy groups -OCH3 is 1. The van der Waals surface area contributed by atoms with E-state index in [-0.39, 0.29) is 0 Å². The summed E-state index contributed by atoms with van der Waals surface area (Å²) in [5.74, 6) is 0.857. The van der Waals surface area contributed by atoms with E-state index in [0.717, 1.165) is 42.2 Å². The number of carboxylic acid groups (broad SMARTS) is 1. The van der Waals surface area contributed by atoms with Gasteiger partial charge in [0.15, 0.2) is 0 Å². The molecule has 2 N–H and O–H groups in total. The fourth-order valence-electron chi connectivity index (χ4n) is 4.98. The number of aliphatic carboxylic acids is 1. The predicted molar refractivity (Wildman–Crippen MR) is 150 cm³/mol. The summed E-state index contributed by atoms with van der Waals surface area (Å²) in [7, 11) is 1.58. The maximum absolute atomic E-state index is 12.4. The summed E-state index contributed by atoms with van der Waals surface area (Å²) >= 11 is 14.2. The molecule has 1 unspecified atom stereocenters. The Hall–Kier alpha value is -2.03. The van der Waals surface area contributed by atoms with Gasteiger partial charge in [0.2, 0.25) is 0 Å². The molecule has 1 atom stereocenters. The number of carboxylic acids is 1. The molecule has 198 valence electrons. The number of ether oxygens (including phenoxy) is 1. The number of rotatable bonds is 11. The van der Waals surface area contributed by atoms with Crippen LogP contribution in [0.15, 0.2) is 53.6 Å². The summed E-state index contributed by atoms with van der Waals surface area (Å²) in [6.07, 6.45) is 3.49. The number of hydrogen-bond acceptors (Lipinski definition) is 6. The summed E-state index contributed by atoms with van der Waals surface area (Å²) < 4.78 is 5.33. The van der Waals surface area contributed by atoms with Gasteiger partial charge in [0.05, 0.1) is 29.2 Å². The van der Waals surface area contributed by atoms with Gasteiger partial charge < -0.3 is 19.8 Å². The molecule has 3 aromatic rings. The number of aliphatic hydroxyl groups is 1. The highest BCUT2D eigenvalue weighted by atomic mass is 35.5. The molecular weight excluding hydrogens is 531 g/mol. The van der Waals surface area contributed by atoms with Crippen LogP contribution in [0.4, 0.5) is 0 Å². The second-order valence-corrected chi connectivity index (χ2v) is 11.6. The lowest BCUT2D eigenvalue weighted by atomic mass is 9.74. The van der Waals surface area contributed by atoms with Gasteiger partial charge in [-0.1, -0.05) is 23.2 Å². The van der Waals surface area contributed by atoms with Gasteiger partial charge in [-0.2, -0.15) is 0 Å². The standard InChI is InChI=1S/C28H32Cl2N2O4S/c1-36-20-5-8-24-22(17-20)26(23(30)18-31-24)25(33)9-10-28(27(34)35)11-14-32(15-12-28)13-2-16-37-21-6-3-19(29)4-7-21/h3-8,17-18,25,33H,2,9-16H2,1H3,(H,34,35). The summed E-state index contributed by atoms with van der Waals surface area (Å²) in [5.41, 5.74) is 0.430. The molecule has 1 aliphatic heterocycles. The highest BCUT2D eigenvalue weighted by molar-refractivity contribution is 7.99. The maximum atomic E-state index is 12.4. The van der Waals surface area contributed by atoms with Crippen molar-refractivity contribution in [1.29, 1.82) is 0 Å². The Morgan fingerprint density at radius 2 is 1.92 bits per heavy atom. The molecule has 0 spiro atoms. The van der Waals surface area contributed by atoms with E-state index in [9.17, 15) is 15.0 Å². The zero-order chi connectivity index (χ0) is 26.4. The molecule has 1 fully saturated rings. The number of halogens is 2. The summed E-state index contributed by atoms with van der Waals surface area (Å²) in [6, 6.07) is 13.3. The van der Waals surface area contributed by atoms with Crippen LogP contribution in [0.3, 0.4) is 0 Å². The Morgan fingerprint density at radius 3 is 2.59 bits per heavy atom. The summed E-state index contributed by atoms with van der Waals surface area (Å²) in [6.45, 7) is 2.42. The van der Waals surface area contributed by atoms with E-state index in [0.29, 0.717) is 47.5 Å². The minimum Gasteiger partial charge on any atom is -0.497 e. The normalized spacial score (nSPS) is 16.5. The van der Waals surface area contributed by atoms with Gasteiger partial charge in [-0.3, -0.25) is 9.78 Å². The number of carbonyl (C=O) groups is 1. The lowest BCUT2D eigenvalue weighted by Gasteiger charge is -2.39. The van der Waals surface area contributed by atoms with Crippen molar-refractivity contribution in [3.8, 4) is 5.75 Å². The van der Waals surface area contributed by atoms with Crippen molar-refractivity contribution in [2.75, 3.05) is 32.5 Å². The fraction of sp³-hybridized carbons (Fsp3) is 0.429. The maximum Gasteiger partial charge on any atom is 0.309 e. The van der Waals surface area contributed by atoms with Crippen molar-refractivity contribution in [3.05, 3.63) is 64.3 Å². The van der Waals surface area contributed by atoms with E-state index in [4.69, 9.17) is 27.9 Å². The first-order valence-corrected chi connectivity index (χ1v) is 14.2. The zero-order valence-corrected chi connectivity index (χ0v) is 23.2. The minimum absolute atomic E-state index is 0.306. The molecule has 9 heteroatoms. The number of hydrogen-bond donors (Lipinski definition) is 2. The van der Waals surface area contributed by atoms with E-state index in [1.807, 2.05) is 42.5 Å². The number of fused-ring (bicyclic) bond motifs is 1. The number of likely N-dealkylation sites (tertiary alicyclic amines) is 1. The smallest absolute Gasteiger partial charge is 0.309 e. The number of piperidine rings is 1. The second-order valence-electron chi connectivity index (χ2n) is 9.54. The third kappa shape index (κ3) is 6.89. The third-order valence-corrected chi connectivity index (χ3v) is 8.92. The van der Waals surface area contributed by atoms with Crippen molar-refractivity contribution < 1.29 is 19.7 Å². The van der Waals surface area contributed by atoms with Crippen LogP contribution in [-0.2, 0) is 4.79 Å². The van der Waals surface area contributed by atoms with Gasteiger partial charge in [-0.15, -0.1) is 11.8 Å². The Kier molecular flexibility index (Phi) is 9.59. The SMILES string of the molecule is COc1ccc2ncc(Cl)c(C(O)CCC3(C(=O)O)CCN(CCCSc4ccc(Cl)cc4)CC3)c2c1. The van der Waals surface area contributed by atoms with Gasteiger partial charge in [0.25, 0.3) is 0 Å². The minimum atomic E-state index is -0.899. The molecule has 0 amide bonds. The third-order valence-electron chi connectivity index (χ3n) is 7.27. The van der Waals surface area contributed by atoms with Crippen molar-refractivity contribution >= 4 is 51.8 Å². The van der Waals surface area contributed by atoms with Crippen molar-refractivity contribution in [2.24, 2.45) is 5.41 Å². The number of aromatic nitrogens is 1. The lowest BCUT2D eigenvalue weighted by molar-refractivity contribution is -0.153. The van der Waals surface area contributed by atoms with Crippen LogP contribution in [0.1, 0.15) is 43.8 Å². The fourth-order valence-corrected chi connectivity index (χ4v) is 6.22. The number of benzene rings is 2. The first-order chi connectivity index (χ1) is 17.8. The first kappa shape index (κ1) is 28.0. The molecule has 6 nitrogen and oxygen atoms in total. The average Bonchev–Trinajstić information content (AvgIpc) is 2.91. The Bertz CT molecular complexity index is 1220. The topological polar surface area (TPSA) is 82.9 Å². The Labute approximate surface area is 231 Å². The first-order valence-electron chi connectivity index (χ1n) is 12.5. The molecule has 2 heterocycles. The Balaban J connectivity index is 1.32. The number of pyridine rings is 1. The molecule has 2 aromatic carbocycles. The highest BCUT2D eigenvalue weighted by Gasteiger charge is 2.41. The molecular formula is C28H32Cl2N2O4S. The average molecular weight is 564 g/mol. The van der Waals surface area contributed by atoms with Gasteiger partial charge in [-0.05, 0) is 100.0 Å². The summed E-state index contributed by atoms with van der Waals surface area (Å²) in [5, 5.41) is 23.1. The van der Waals surface area contributed by atoms with Crippen molar-refractivity contribution in [3.63, 3.8) is 0 Å². The number of nitrogens with zero attached hydrogens (tertiary/aromatic N) is 2. The molecule has 0 aliphatic carbocycles. The van der Waals surface area contributed by atoms with Crippen LogP contribution in [0.25, 0.3) is 10.9 Å². The molecule has 0 radical (unpaired) electrons. The van der Waals surface area contributed by atoms with E-state index in [2.05, 4.69) is 9.88 Å². The van der Waals surface area contributed by atoms with Crippen LogP contribution < -0.4 is 4.74 Å². The monoisotopic (exact) mass is 562 g/mol. The Morgan fingerprint density at radius 1 is 1.19 bits per heavy atom. The van der Waals surface area contributed by atoms with Gasteiger partial charge in [-0.25, -0.2) is 0 Å². The van der Waals surface area contributed by atoms with Crippen molar-refractivity contribution in [2.45, 2.75) is 43.1 Å². The van der Waals surface area contributed by atoms with Gasteiger partial charge >= 0.3 is 5.97 Å². The molecule has 4 rings (SSSR count). The van der Waals surface area contributed by atoms with E-state index < -0.39 is 17.5 Å².